The predicted molar refractivity (Wildman–Crippen MR) is 79.5 cm³/mol. The maximum Gasteiger partial charge on any atom is 0.254 e. The minimum absolute atomic E-state index is 0. The lowest BCUT2D eigenvalue weighted by Crippen LogP contribution is -2.51. The number of carbonyl (C=O) groups excluding carboxylic acids is 1. The van der Waals surface area contributed by atoms with Crippen LogP contribution in [0.3, 0.4) is 0 Å². The molecule has 1 aliphatic heterocycles. The second kappa shape index (κ2) is 6.55. The summed E-state index contributed by atoms with van der Waals surface area (Å²) in [4.78, 5) is 14.3. The number of benzene rings is 1. The molecule has 3 nitrogen and oxygen atoms in total. The van der Waals surface area contributed by atoms with Crippen LogP contribution in [0.25, 0.3) is 0 Å². The maximum absolute atomic E-state index is 12.4. The van der Waals surface area contributed by atoms with Gasteiger partial charge in [0.2, 0.25) is 0 Å². The second-order valence-electron chi connectivity index (χ2n) is 4.57. The highest BCUT2D eigenvalue weighted by Crippen LogP contribution is 2.18. The lowest BCUT2D eigenvalue weighted by molar-refractivity contribution is 0.0708. The molecule has 2 rings (SSSR count). The second-order valence-corrected chi connectivity index (χ2v) is 5.48. The Morgan fingerprint density at radius 2 is 2.22 bits per heavy atom. The van der Waals surface area contributed by atoms with Gasteiger partial charge in [-0.3, -0.25) is 4.79 Å². The molecule has 1 aromatic rings. The lowest BCUT2D eigenvalue weighted by Gasteiger charge is -2.32. The summed E-state index contributed by atoms with van der Waals surface area (Å²) in [6.07, 6.45) is 0. The summed E-state index contributed by atoms with van der Waals surface area (Å²) < 4.78 is 0.953. The third-order valence-corrected chi connectivity index (χ3v) is 3.58. The van der Waals surface area contributed by atoms with Crippen molar-refractivity contribution in [2.24, 2.45) is 0 Å². The van der Waals surface area contributed by atoms with Gasteiger partial charge in [-0.25, -0.2) is 0 Å². The standard InChI is InChI=1S/C13H17BrN2O.ClH/c1-9-3-4-11(14)7-12(9)13(17)16-6-5-15-10(2)8-16;/h3-4,7,10,15H,5-6,8H2,1-2H3;1H/t10-;/m1./s1. The van der Waals surface area contributed by atoms with E-state index in [1.807, 2.05) is 30.0 Å². The minimum atomic E-state index is 0. The molecule has 1 heterocycles. The smallest absolute Gasteiger partial charge is 0.254 e. The van der Waals surface area contributed by atoms with Crippen LogP contribution in [-0.4, -0.2) is 36.5 Å². The molecule has 0 aliphatic carbocycles. The molecule has 1 saturated heterocycles. The Kier molecular flexibility index (Phi) is 5.63. The predicted octanol–water partition coefficient (Wildman–Crippen LogP) is 2.61. The average molecular weight is 334 g/mol. The number of piperazine rings is 1. The molecular formula is C13H18BrClN2O. The van der Waals surface area contributed by atoms with Gasteiger partial charge in [-0.05, 0) is 31.5 Å². The van der Waals surface area contributed by atoms with Gasteiger partial charge in [0.1, 0.15) is 0 Å². The number of rotatable bonds is 1. The first-order chi connectivity index (χ1) is 8.08. The molecular weight excluding hydrogens is 316 g/mol. The molecule has 0 spiro atoms. The van der Waals surface area contributed by atoms with E-state index in [9.17, 15) is 4.79 Å². The fraction of sp³-hybridized carbons (Fsp3) is 0.462. The van der Waals surface area contributed by atoms with Crippen LogP contribution in [0.1, 0.15) is 22.8 Å². The molecule has 0 aromatic heterocycles. The summed E-state index contributed by atoms with van der Waals surface area (Å²) in [7, 11) is 0. The molecule has 1 aromatic carbocycles. The number of aryl methyl sites for hydroxylation is 1. The Morgan fingerprint density at radius 3 is 2.89 bits per heavy atom. The summed E-state index contributed by atoms with van der Waals surface area (Å²) in [6, 6.07) is 6.22. The van der Waals surface area contributed by atoms with E-state index in [0.717, 1.165) is 35.2 Å². The van der Waals surface area contributed by atoms with Crippen molar-refractivity contribution in [2.75, 3.05) is 19.6 Å². The Hall–Kier alpha value is -0.580. The first-order valence-electron chi connectivity index (χ1n) is 5.87. The molecule has 0 saturated carbocycles. The molecule has 5 heteroatoms. The Balaban J connectivity index is 0.00000162. The summed E-state index contributed by atoms with van der Waals surface area (Å²) in [5.74, 6) is 0.136. The summed E-state index contributed by atoms with van der Waals surface area (Å²) in [6.45, 7) is 6.53. The Bertz CT molecular complexity index is 439. The van der Waals surface area contributed by atoms with Crippen molar-refractivity contribution in [2.45, 2.75) is 19.9 Å². The van der Waals surface area contributed by atoms with Gasteiger partial charge in [-0.2, -0.15) is 0 Å². The molecule has 1 amide bonds. The number of carbonyl (C=O) groups is 1. The van der Waals surface area contributed by atoms with Gasteiger partial charge in [-0.15, -0.1) is 12.4 Å². The van der Waals surface area contributed by atoms with E-state index in [1.54, 1.807) is 0 Å². The first kappa shape index (κ1) is 15.5. The van der Waals surface area contributed by atoms with Crippen LogP contribution >= 0.6 is 28.3 Å². The first-order valence-corrected chi connectivity index (χ1v) is 6.66. The van der Waals surface area contributed by atoms with E-state index in [2.05, 4.69) is 28.2 Å². The van der Waals surface area contributed by atoms with Crippen molar-refractivity contribution in [3.63, 3.8) is 0 Å². The van der Waals surface area contributed by atoms with Gasteiger partial charge in [0.25, 0.3) is 5.91 Å². The van der Waals surface area contributed by atoms with Crippen molar-refractivity contribution >= 4 is 34.2 Å². The number of nitrogens with one attached hydrogen (secondary N) is 1. The van der Waals surface area contributed by atoms with Crippen molar-refractivity contribution in [1.29, 1.82) is 0 Å². The monoisotopic (exact) mass is 332 g/mol. The van der Waals surface area contributed by atoms with E-state index in [0.29, 0.717) is 6.04 Å². The van der Waals surface area contributed by atoms with E-state index < -0.39 is 0 Å². The molecule has 18 heavy (non-hydrogen) atoms. The van der Waals surface area contributed by atoms with Crippen LogP contribution < -0.4 is 5.32 Å². The number of halogens is 2. The van der Waals surface area contributed by atoms with Crippen molar-refractivity contribution in [1.82, 2.24) is 10.2 Å². The summed E-state index contributed by atoms with van der Waals surface area (Å²) >= 11 is 3.42. The Labute approximate surface area is 122 Å². The van der Waals surface area contributed by atoms with Gasteiger partial charge in [0.05, 0.1) is 0 Å². The van der Waals surface area contributed by atoms with Gasteiger partial charge >= 0.3 is 0 Å². The van der Waals surface area contributed by atoms with Gasteiger partial charge in [0.15, 0.2) is 0 Å². The van der Waals surface area contributed by atoms with Crippen LogP contribution in [0.15, 0.2) is 22.7 Å². The molecule has 0 unspecified atom stereocenters. The zero-order valence-corrected chi connectivity index (χ0v) is 13.0. The lowest BCUT2D eigenvalue weighted by atomic mass is 10.1. The normalized spacial score (nSPS) is 19.3. The van der Waals surface area contributed by atoms with Crippen LogP contribution in [0.4, 0.5) is 0 Å². The van der Waals surface area contributed by atoms with Crippen LogP contribution in [0.5, 0.6) is 0 Å². The fourth-order valence-electron chi connectivity index (χ4n) is 2.11. The molecule has 1 atom stereocenters. The summed E-state index contributed by atoms with van der Waals surface area (Å²) in [5.41, 5.74) is 1.83. The van der Waals surface area contributed by atoms with E-state index in [-0.39, 0.29) is 18.3 Å². The number of nitrogens with zero attached hydrogens (tertiary/aromatic N) is 1. The van der Waals surface area contributed by atoms with Crippen molar-refractivity contribution < 1.29 is 4.79 Å². The van der Waals surface area contributed by atoms with Gasteiger partial charge in [-0.1, -0.05) is 22.0 Å². The van der Waals surface area contributed by atoms with Crippen LogP contribution in [0, 0.1) is 6.92 Å². The molecule has 0 radical (unpaired) electrons. The number of hydrogen-bond donors (Lipinski definition) is 1. The highest BCUT2D eigenvalue weighted by Gasteiger charge is 2.22. The summed E-state index contributed by atoms with van der Waals surface area (Å²) in [5, 5.41) is 3.34. The zero-order chi connectivity index (χ0) is 12.4. The molecule has 1 aliphatic rings. The third kappa shape index (κ3) is 3.46. The fourth-order valence-corrected chi connectivity index (χ4v) is 2.47. The number of hydrogen-bond acceptors (Lipinski definition) is 2. The largest absolute Gasteiger partial charge is 0.336 e. The van der Waals surface area contributed by atoms with E-state index >= 15 is 0 Å². The molecule has 0 bridgehead atoms. The SMILES string of the molecule is Cc1ccc(Br)cc1C(=O)N1CCN[C@H](C)C1.Cl. The third-order valence-electron chi connectivity index (χ3n) is 3.09. The topological polar surface area (TPSA) is 32.3 Å². The minimum Gasteiger partial charge on any atom is -0.336 e. The highest BCUT2D eigenvalue weighted by molar-refractivity contribution is 9.10. The Morgan fingerprint density at radius 1 is 1.50 bits per heavy atom. The van der Waals surface area contributed by atoms with Gasteiger partial charge in [0, 0.05) is 35.7 Å². The number of amides is 1. The quantitative estimate of drug-likeness (QED) is 0.857. The maximum atomic E-state index is 12.4. The molecule has 100 valence electrons. The van der Waals surface area contributed by atoms with E-state index in [4.69, 9.17) is 0 Å². The van der Waals surface area contributed by atoms with Crippen molar-refractivity contribution in [3.05, 3.63) is 33.8 Å². The van der Waals surface area contributed by atoms with Crippen LogP contribution in [0.2, 0.25) is 0 Å². The van der Waals surface area contributed by atoms with Gasteiger partial charge < -0.3 is 10.2 Å². The van der Waals surface area contributed by atoms with Crippen molar-refractivity contribution in [3.8, 4) is 0 Å². The molecule has 1 fully saturated rings. The zero-order valence-electron chi connectivity index (χ0n) is 10.6. The van der Waals surface area contributed by atoms with Crippen LogP contribution in [-0.2, 0) is 0 Å². The van der Waals surface area contributed by atoms with E-state index in [1.165, 1.54) is 0 Å². The average Bonchev–Trinajstić information content (AvgIpc) is 2.31. The highest BCUT2D eigenvalue weighted by atomic mass is 79.9. The molecule has 1 N–H and O–H groups in total.